The predicted molar refractivity (Wildman–Crippen MR) is 75.7 cm³/mol. The molecule has 2 aromatic rings. The van der Waals surface area contributed by atoms with Gasteiger partial charge in [-0.2, -0.15) is 0 Å². The number of aromatic nitrogens is 2. The first-order chi connectivity index (χ1) is 9.34. The fraction of sp³-hybridized carbons (Fsp3) is 0.538. The molecule has 1 fully saturated rings. The molecule has 6 heteroatoms. The molecule has 19 heavy (non-hydrogen) atoms. The van der Waals surface area contributed by atoms with E-state index in [-0.39, 0.29) is 5.56 Å². The molecule has 0 amide bonds. The molecule has 0 aromatic carbocycles. The zero-order valence-electron chi connectivity index (χ0n) is 10.7. The Morgan fingerprint density at radius 1 is 1.58 bits per heavy atom. The minimum atomic E-state index is 0.0546. The van der Waals surface area contributed by atoms with Crippen molar-refractivity contribution < 1.29 is 4.74 Å². The highest BCUT2D eigenvalue weighted by Gasteiger charge is 2.14. The molecule has 0 radical (unpaired) electrons. The van der Waals surface area contributed by atoms with Crippen molar-refractivity contribution in [3.8, 4) is 0 Å². The van der Waals surface area contributed by atoms with Crippen LogP contribution >= 0.6 is 11.3 Å². The van der Waals surface area contributed by atoms with Crippen molar-refractivity contribution in [3.05, 3.63) is 28.1 Å². The normalized spacial score (nSPS) is 19.3. The number of ether oxygens (including phenoxy) is 1. The Balaban J connectivity index is 1.56. The summed E-state index contributed by atoms with van der Waals surface area (Å²) in [4.78, 5) is 16.4. The van der Waals surface area contributed by atoms with Crippen LogP contribution in [0.2, 0.25) is 0 Å². The molecule has 5 nitrogen and oxygen atoms in total. The average molecular weight is 279 g/mol. The third-order valence-corrected chi connectivity index (χ3v) is 4.25. The molecular formula is C13H17N3O2S. The van der Waals surface area contributed by atoms with Crippen molar-refractivity contribution in [1.29, 1.82) is 0 Å². The molecule has 0 bridgehead atoms. The van der Waals surface area contributed by atoms with Crippen LogP contribution in [-0.4, -0.2) is 35.4 Å². The summed E-state index contributed by atoms with van der Waals surface area (Å²) >= 11 is 1.45. The van der Waals surface area contributed by atoms with E-state index in [9.17, 15) is 4.79 Å². The van der Waals surface area contributed by atoms with Crippen molar-refractivity contribution in [1.82, 2.24) is 14.9 Å². The van der Waals surface area contributed by atoms with Gasteiger partial charge >= 0.3 is 0 Å². The number of nitrogens with zero attached hydrogens (tertiary/aromatic N) is 2. The van der Waals surface area contributed by atoms with Gasteiger partial charge in [-0.1, -0.05) is 0 Å². The second-order valence-electron chi connectivity index (χ2n) is 4.72. The van der Waals surface area contributed by atoms with Gasteiger partial charge in [0.25, 0.3) is 5.56 Å². The summed E-state index contributed by atoms with van der Waals surface area (Å²) in [5, 5.41) is 5.24. The van der Waals surface area contributed by atoms with Crippen LogP contribution in [-0.2, 0) is 11.3 Å². The Kier molecular flexibility index (Phi) is 3.91. The number of hydrogen-bond acceptors (Lipinski definition) is 5. The van der Waals surface area contributed by atoms with Crippen molar-refractivity contribution >= 4 is 21.6 Å². The van der Waals surface area contributed by atoms with Gasteiger partial charge in [-0.25, -0.2) is 4.98 Å². The molecule has 1 N–H and O–H groups in total. The summed E-state index contributed by atoms with van der Waals surface area (Å²) < 4.78 is 7.94. The van der Waals surface area contributed by atoms with Gasteiger partial charge < -0.3 is 10.1 Å². The van der Waals surface area contributed by atoms with E-state index in [0.717, 1.165) is 42.8 Å². The molecule has 1 unspecified atom stereocenters. The maximum Gasteiger partial charge on any atom is 0.271 e. The second kappa shape index (κ2) is 5.81. The first-order valence-corrected chi connectivity index (χ1v) is 7.47. The zero-order chi connectivity index (χ0) is 13.1. The lowest BCUT2D eigenvalue weighted by molar-refractivity contribution is 0.110. The first-order valence-electron chi connectivity index (χ1n) is 6.59. The highest BCUT2D eigenvalue weighted by molar-refractivity contribution is 7.17. The number of rotatable bonds is 5. The lowest BCUT2D eigenvalue weighted by Crippen LogP contribution is -2.31. The van der Waals surface area contributed by atoms with Crippen molar-refractivity contribution in [2.45, 2.75) is 25.5 Å². The number of thiophene rings is 1. The van der Waals surface area contributed by atoms with Gasteiger partial charge in [-0.3, -0.25) is 9.36 Å². The molecule has 3 heterocycles. The maximum absolute atomic E-state index is 12.1. The van der Waals surface area contributed by atoms with Gasteiger partial charge in [-0.15, -0.1) is 11.3 Å². The number of nitrogens with one attached hydrogen (secondary N) is 1. The summed E-state index contributed by atoms with van der Waals surface area (Å²) in [7, 11) is 0. The molecule has 1 aliphatic rings. The smallest absolute Gasteiger partial charge is 0.271 e. The van der Waals surface area contributed by atoms with Crippen molar-refractivity contribution in [2.24, 2.45) is 0 Å². The highest BCUT2D eigenvalue weighted by atomic mass is 32.1. The van der Waals surface area contributed by atoms with Crippen LogP contribution in [0.5, 0.6) is 0 Å². The summed E-state index contributed by atoms with van der Waals surface area (Å²) in [5.74, 6) is 0. The Morgan fingerprint density at radius 3 is 3.37 bits per heavy atom. The van der Waals surface area contributed by atoms with Gasteiger partial charge in [-0.05, 0) is 24.3 Å². The third kappa shape index (κ3) is 2.86. The zero-order valence-corrected chi connectivity index (χ0v) is 11.5. The van der Waals surface area contributed by atoms with Gasteiger partial charge in [0.1, 0.15) is 4.70 Å². The topological polar surface area (TPSA) is 56.2 Å². The molecule has 0 aliphatic carbocycles. The minimum Gasteiger partial charge on any atom is -0.377 e. The summed E-state index contributed by atoms with van der Waals surface area (Å²) in [6, 6.07) is 1.88. The predicted octanol–water partition coefficient (Wildman–Crippen LogP) is 1.23. The fourth-order valence-electron chi connectivity index (χ4n) is 2.31. The van der Waals surface area contributed by atoms with Crippen LogP contribution in [0.15, 0.2) is 22.6 Å². The van der Waals surface area contributed by atoms with E-state index in [2.05, 4.69) is 10.3 Å². The van der Waals surface area contributed by atoms with Gasteiger partial charge in [0.05, 0.1) is 17.9 Å². The Hall–Kier alpha value is -1.24. The second-order valence-corrected chi connectivity index (χ2v) is 5.63. The van der Waals surface area contributed by atoms with Crippen LogP contribution in [0, 0.1) is 0 Å². The molecule has 0 spiro atoms. The van der Waals surface area contributed by atoms with Gasteiger partial charge in [0.2, 0.25) is 0 Å². The molecular weight excluding hydrogens is 262 g/mol. The molecule has 3 rings (SSSR count). The van der Waals surface area contributed by atoms with Crippen LogP contribution in [0.4, 0.5) is 0 Å². The van der Waals surface area contributed by atoms with E-state index in [4.69, 9.17) is 4.74 Å². The van der Waals surface area contributed by atoms with E-state index in [0.29, 0.717) is 12.6 Å². The number of hydrogen-bond donors (Lipinski definition) is 1. The Bertz CT molecular complexity index is 601. The van der Waals surface area contributed by atoms with Crippen molar-refractivity contribution in [3.63, 3.8) is 0 Å². The Labute approximate surface area is 115 Å². The standard InChI is InChI=1S/C13H17N3O2S/c17-13-12-11(3-7-19-12)15-9-16(13)5-4-14-8-10-2-1-6-18-10/h3,7,9-10,14H,1-2,4-6,8H2. The molecule has 1 atom stereocenters. The Morgan fingerprint density at radius 2 is 2.53 bits per heavy atom. The third-order valence-electron chi connectivity index (χ3n) is 3.36. The molecule has 1 aliphatic heterocycles. The molecule has 102 valence electrons. The lowest BCUT2D eigenvalue weighted by Gasteiger charge is -2.11. The fourth-order valence-corrected chi connectivity index (χ4v) is 3.10. The maximum atomic E-state index is 12.1. The van der Waals surface area contributed by atoms with Crippen molar-refractivity contribution in [2.75, 3.05) is 19.7 Å². The largest absolute Gasteiger partial charge is 0.377 e. The molecule has 0 saturated carbocycles. The van der Waals surface area contributed by atoms with E-state index in [1.54, 1.807) is 10.9 Å². The first kappa shape index (κ1) is 12.8. The summed E-state index contributed by atoms with van der Waals surface area (Å²) in [5.41, 5.74) is 0.845. The lowest BCUT2D eigenvalue weighted by atomic mass is 10.2. The minimum absolute atomic E-state index is 0.0546. The average Bonchev–Trinajstić information content (AvgIpc) is 3.08. The van der Waals surface area contributed by atoms with Crippen LogP contribution < -0.4 is 10.9 Å². The quantitative estimate of drug-likeness (QED) is 0.836. The summed E-state index contributed by atoms with van der Waals surface area (Å²) in [6.07, 6.45) is 4.26. The van der Waals surface area contributed by atoms with E-state index >= 15 is 0 Å². The number of fused-ring (bicyclic) bond motifs is 1. The van der Waals surface area contributed by atoms with Crippen LogP contribution in [0.1, 0.15) is 12.8 Å². The van der Waals surface area contributed by atoms with E-state index in [1.807, 2.05) is 11.4 Å². The van der Waals surface area contributed by atoms with Gasteiger partial charge in [0.15, 0.2) is 0 Å². The SMILES string of the molecule is O=c1c2sccc2ncn1CCNCC1CCCO1. The van der Waals surface area contributed by atoms with Crippen LogP contribution in [0.25, 0.3) is 10.2 Å². The molecule has 1 saturated heterocycles. The van der Waals surface area contributed by atoms with E-state index in [1.165, 1.54) is 11.3 Å². The van der Waals surface area contributed by atoms with E-state index < -0.39 is 0 Å². The summed E-state index contributed by atoms with van der Waals surface area (Å²) in [6.45, 7) is 3.15. The molecule has 2 aromatic heterocycles. The monoisotopic (exact) mass is 279 g/mol. The highest BCUT2D eigenvalue weighted by Crippen LogP contribution is 2.13. The van der Waals surface area contributed by atoms with Gasteiger partial charge in [0, 0.05) is 26.2 Å². The van der Waals surface area contributed by atoms with Crippen LogP contribution in [0.3, 0.4) is 0 Å².